The molecule has 6 heteroatoms. The second-order valence-electron chi connectivity index (χ2n) is 4.90. The van der Waals surface area contributed by atoms with Crippen molar-refractivity contribution in [2.75, 3.05) is 17.2 Å². The second-order valence-corrected chi connectivity index (χ2v) is 7.91. The summed E-state index contributed by atoms with van der Waals surface area (Å²) in [7, 11) is -3.15. The van der Waals surface area contributed by atoms with Gasteiger partial charge in [-0.2, -0.15) is 0 Å². The molecule has 0 heterocycles. The number of benzene rings is 1. The first-order valence-electron chi connectivity index (χ1n) is 5.89. The number of hydrogen-bond acceptors (Lipinski definition) is 4. The molecule has 1 aliphatic rings. The van der Waals surface area contributed by atoms with Gasteiger partial charge in [0.05, 0.1) is 5.75 Å². The van der Waals surface area contributed by atoms with Crippen molar-refractivity contribution in [1.29, 1.82) is 0 Å². The molecule has 0 aliphatic heterocycles. The van der Waals surface area contributed by atoms with Crippen LogP contribution < -0.4 is 10.5 Å². The third-order valence-electron chi connectivity index (χ3n) is 2.90. The minimum atomic E-state index is -3.15. The Kier molecular flexibility index (Phi) is 3.89. The molecule has 4 nitrogen and oxygen atoms in total. The summed E-state index contributed by atoms with van der Waals surface area (Å²) in [5.74, 6) is 0.701. The van der Waals surface area contributed by atoms with E-state index in [-0.39, 0.29) is 11.3 Å². The van der Waals surface area contributed by atoms with E-state index in [0.717, 1.165) is 23.4 Å². The average molecular weight is 286 g/mol. The van der Waals surface area contributed by atoms with Gasteiger partial charge in [0.15, 0.2) is 0 Å². The van der Waals surface area contributed by atoms with Crippen molar-refractivity contribution in [2.24, 2.45) is 0 Å². The lowest BCUT2D eigenvalue weighted by Gasteiger charge is -2.11. The Bertz CT molecular complexity index is 507. The van der Waals surface area contributed by atoms with Crippen LogP contribution in [0.5, 0.6) is 0 Å². The summed E-state index contributed by atoms with van der Waals surface area (Å²) in [4.78, 5) is 1.04. The molecule has 3 N–H and O–H groups in total. The quantitative estimate of drug-likeness (QED) is 0.618. The van der Waals surface area contributed by atoms with Gasteiger partial charge >= 0.3 is 0 Å². The van der Waals surface area contributed by atoms with Crippen molar-refractivity contribution in [1.82, 2.24) is 4.72 Å². The lowest BCUT2D eigenvalue weighted by Crippen LogP contribution is -2.36. The maximum Gasteiger partial charge on any atom is 0.212 e. The van der Waals surface area contributed by atoms with Crippen molar-refractivity contribution in [3.05, 3.63) is 24.3 Å². The number of thioether (sulfide) groups is 1. The minimum Gasteiger partial charge on any atom is -0.399 e. The maximum absolute atomic E-state index is 11.8. The largest absolute Gasteiger partial charge is 0.399 e. The zero-order chi connectivity index (χ0) is 13.2. The van der Waals surface area contributed by atoms with Gasteiger partial charge in [-0.15, -0.1) is 11.8 Å². The Labute approximate surface area is 112 Å². The molecule has 0 aromatic heterocycles. The summed E-state index contributed by atoms with van der Waals surface area (Å²) < 4.78 is 26.3. The summed E-state index contributed by atoms with van der Waals surface area (Å²) in [6.07, 6.45) is 1.88. The highest BCUT2D eigenvalue weighted by atomic mass is 32.2. The molecule has 1 fully saturated rings. The van der Waals surface area contributed by atoms with E-state index < -0.39 is 10.0 Å². The molecule has 0 radical (unpaired) electrons. The Morgan fingerprint density at radius 2 is 1.94 bits per heavy atom. The van der Waals surface area contributed by atoms with Gasteiger partial charge in [0.1, 0.15) is 0 Å². The zero-order valence-corrected chi connectivity index (χ0v) is 12.0. The molecule has 0 unspecified atom stereocenters. The normalized spacial score (nSPS) is 17.6. The summed E-state index contributed by atoms with van der Waals surface area (Å²) in [5.41, 5.74) is 6.13. The van der Waals surface area contributed by atoms with Gasteiger partial charge in [-0.3, -0.25) is 0 Å². The summed E-state index contributed by atoms with van der Waals surface area (Å²) in [6.45, 7) is 1.94. The van der Waals surface area contributed by atoms with E-state index in [0.29, 0.717) is 5.75 Å². The standard InChI is InChI=1S/C12H18N2O2S2/c1-12(6-7-12)14-18(15,16)9-8-17-11-4-2-10(13)3-5-11/h2-5,14H,6-9,13H2,1H3. The second kappa shape index (κ2) is 5.11. The van der Waals surface area contributed by atoms with Crippen LogP contribution in [0, 0.1) is 0 Å². The van der Waals surface area contributed by atoms with Crippen LogP contribution in [0.2, 0.25) is 0 Å². The fourth-order valence-electron chi connectivity index (χ4n) is 1.55. The first-order chi connectivity index (χ1) is 8.39. The van der Waals surface area contributed by atoms with Gasteiger partial charge in [-0.25, -0.2) is 13.1 Å². The Balaban J connectivity index is 1.79. The fourth-order valence-corrected chi connectivity index (χ4v) is 4.38. The van der Waals surface area contributed by atoms with E-state index in [2.05, 4.69) is 4.72 Å². The summed E-state index contributed by atoms with van der Waals surface area (Å²) >= 11 is 1.53. The molecule has 0 saturated heterocycles. The number of hydrogen-bond donors (Lipinski definition) is 2. The SMILES string of the molecule is CC1(NS(=O)(=O)CCSc2ccc(N)cc2)CC1. The topological polar surface area (TPSA) is 72.2 Å². The Morgan fingerprint density at radius 1 is 1.33 bits per heavy atom. The van der Waals surface area contributed by atoms with Crippen LogP contribution in [0.25, 0.3) is 0 Å². The molecule has 0 bridgehead atoms. The number of rotatable bonds is 6. The fraction of sp³-hybridized carbons (Fsp3) is 0.500. The zero-order valence-electron chi connectivity index (χ0n) is 10.3. The van der Waals surface area contributed by atoms with Gasteiger partial charge in [0.2, 0.25) is 10.0 Å². The van der Waals surface area contributed by atoms with Crippen LogP contribution in [-0.4, -0.2) is 25.5 Å². The molecule has 1 saturated carbocycles. The van der Waals surface area contributed by atoms with Crippen molar-refractivity contribution in [3.8, 4) is 0 Å². The Morgan fingerprint density at radius 3 is 2.50 bits per heavy atom. The van der Waals surface area contributed by atoms with Crippen LogP contribution >= 0.6 is 11.8 Å². The van der Waals surface area contributed by atoms with Gasteiger partial charge in [-0.1, -0.05) is 0 Å². The highest BCUT2D eigenvalue weighted by molar-refractivity contribution is 8.00. The lowest BCUT2D eigenvalue weighted by molar-refractivity contribution is 0.559. The highest BCUT2D eigenvalue weighted by Crippen LogP contribution is 2.35. The van der Waals surface area contributed by atoms with E-state index in [1.54, 1.807) is 0 Å². The van der Waals surface area contributed by atoms with E-state index in [1.165, 1.54) is 11.8 Å². The molecule has 0 spiro atoms. The summed E-state index contributed by atoms with van der Waals surface area (Å²) in [6, 6.07) is 7.45. The first kappa shape index (κ1) is 13.7. The number of anilines is 1. The van der Waals surface area contributed by atoms with Crippen LogP contribution in [-0.2, 0) is 10.0 Å². The van der Waals surface area contributed by atoms with E-state index in [9.17, 15) is 8.42 Å². The number of nitrogens with two attached hydrogens (primary N) is 1. The molecule has 100 valence electrons. The van der Waals surface area contributed by atoms with Crippen molar-refractivity contribution in [3.63, 3.8) is 0 Å². The van der Waals surface area contributed by atoms with Crippen molar-refractivity contribution >= 4 is 27.5 Å². The maximum atomic E-state index is 11.8. The van der Waals surface area contributed by atoms with Crippen LogP contribution in [0.3, 0.4) is 0 Å². The number of nitrogen functional groups attached to an aromatic ring is 1. The molecule has 1 aromatic carbocycles. The molecule has 1 aliphatic carbocycles. The molecule has 0 amide bonds. The van der Waals surface area contributed by atoms with Gasteiger partial charge in [0.25, 0.3) is 0 Å². The van der Waals surface area contributed by atoms with Crippen molar-refractivity contribution < 1.29 is 8.42 Å². The smallest absolute Gasteiger partial charge is 0.212 e. The minimum absolute atomic E-state index is 0.150. The summed E-state index contributed by atoms with van der Waals surface area (Å²) in [5, 5.41) is 0. The molecule has 2 rings (SSSR count). The predicted molar refractivity (Wildman–Crippen MR) is 76.1 cm³/mol. The van der Waals surface area contributed by atoms with Crippen LogP contribution in [0.1, 0.15) is 19.8 Å². The Hall–Kier alpha value is -0.720. The monoisotopic (exact) mass is 286 g/mol. The molecule has 1 aromatic rings. The molecule has 18 heavy (non-hydrogen) atoms. The van der Waals surface area contributed by atoms with E-state index >= 15 is 0 Å². The first-order valence-corrected chi connectivity index (χ1v) is 8.52. The molecular formula is C12H18N2O2S2. The number of sulfonamides is 1. The van der Waals surface area contributed by atoms with Crippen molar-refractivity contribution in [2.45, 2.75) is 30.2 Å². The molecule has 0 atom stereocenters. The van der Waals surface area contributed by atoms with Crippen LogP contribution in [0.15, 0.2) is 29.2 Å². The lowest BCUT2D eigenvalue weighted by atomic mass is 10.3. The third kappa shape index (κ3) is 4.19. The molecular weight excluding hydrogens is 268 g/mol. The average Bonchev–Trinajstić information content (AvgIpc) is 2.97. The highest BCUT2D eigenvalue weighted by Gasteiger charge is 2.40. The van der Waals surface area contributed by atoms with Gasteiger partial charge in [0, 0.05) is 21.9 Å². The van der Waals surface area contributed by atoms with E-state index in [1.807, 2.05) is 31.2 Å². The van der Waals surface area contributed by atoms with Crippen LogP contribution in [0.4, 0.5) is 5.69 Å². The predicted octanol–water partition coefficient (Wildman–Crippen LogP) is 1.83. The van der Waals surface area contributed by atoms with Gasteiger partial charge < -0.3 is 5.73 Å². The van der Waals surface area contributed by atoms with Gasteiger partial charge in [-0.05, 0) is 44.0 Å². The van der Waals surface area contributed by atoms with E-state index in [4.69, 9.17) is 5.73 Å². The number of nitrogens with one attached hydrogen (secondary N) is 1. The third-order valence-corrected chi connectivity index (χ3v) is 5.72.